The zero-order valence-electron chi connectivity index (χ0n) is 13.1. The smallest absolute Gasteiger partial charge is 0.341 e. The molecule has 0 bridgehead atoms. The molecule has 1 saturated heterocycles. The molecule has 0 saturated carbocycles. The Morgan fingerprint density at radius 3 is 2.96 bits per heavy atom. The van der Waals surface area contributed by atoms with Crippen molar-refractivity contribution in [3.63, 3.8) is 0 Å². The van der Waals surface area contributed by atoms with Crippen molar-refractivity contribution in [2.45, 2.75) is 38.2 Å². The Morgan fingerprint density at radius 2 is 2.22 bits per heavy atom. The van der Waals surface area contributed by atoms with Crippen molar-refractivity contribution in [3.8, 4) is 5.75 Å². The van der Waals surface area contributed by atoms with Crippen LogP contribution < -0.4 is 10.1 Å². The lowest BCUT2D eigenvalue weighted by Crippen LogP contribution is -2.26. The van der Waals surface area contributed by atoms with Crippen LogP contribution in [0.5, 0.6) is 5.75 Å². The molecule has 1 aliphatic rings. The van der Waals surface area contributed by atoms with Crippen molar-refractivity contribution >= 4 is 11.9 Å². The number of rotatable bonds is 8. The van der Waals surface area contributed by atoms with Crippen molar-refractivity contribution in [3.05, 3.63) is 29.8 Å². The van der Waals surface area contributed by atoms with E-state index in [1.807, 2.05) is 0 Å². The third-order valence-electron chi connectivity index (χ3n) is 3.72. The van der Waals surface area contributed by atoms with Gasteiger partial charge in [-0.2, -0.15) is 0 Å². The highest BCUT2D eigenvalue weighted by Gasteiger charge is 2.13. The van der Waals surface area contributed by atoms with Crippen LogP contribution in [-0.4, -0.2) is 42.8 Å². The van der Waals surface area contributed by atoms with Gasteiger partial charge < -0.3 is 19.9 Å². The summed E-state index contributed by atoms with van der Waals surface area (Å²) in [4.78, 5) is 22.6. The average molecular weight is 321 g/mol. The number of amides is 1. The zero-order chi connectivity index (χ0) is 16.5. The molecule has 0 spiro atoms. The van der Waals surface area contributed by atoms with E-state index in [0.29, 0.717) is 24.0 Å². The first-order chi connectivity index (χ1) is 11.1. The molecule has 0 radical (unpaired) electrons. The monoisotopic (exact) mass is 321 g/mol. The Labute approximate surface area is 135 Å². The molecule has 2 N–H and O–H groups in total. The zero-order valence-corrected chi connectivity index (χ0v) is 13.1. The predicted octanol–water partition coefficient (Wildman–Crippen LogP) is 2.23. The minimum Gasteiger partial charge on any atom is -0.482 e. The number of ether oxygens (including phenoxy) is 2. The largest absolute Gasteiger partial charge is 0.482 e. The molecular formula is C17H23NO5. The second-order valence-electron chi connectivity index (χ2n) is 5.60. The lowest BCUT2D eigenvalue weighted by Gasteiger charge is -2.22. The highest BCUT2D eigenvalue weighted by molar-refractivity contribution is 5.94. The Morgan fingerprint density at radius 1 is 1.35 bits per heavy atom. The highest BCUT2D eigenvalue weighted by Crippen LogP contribution is 2.17. The standard InChI is InChI=1S/C17H23NO5/c19-16(20)12-23-15-7-3-5-13(11-15)17(21)18-9-4-8-14-6-1-2-10-22-14/h3,5,7,11,14H,1-2,4,6,8-10,12H2,(H,18,21)(H,19,20). The van der Waals surface area contributed by atoms with Gasteiger partial charge in [0.1, 0.15) is 5.75 Å². The van der Waals surface area contributed by atoms with Gasteiger partial charge in [-0.3, -0.25) is 4.79 Å². The summed E-state index contributed by atoms with van der Waals surface area (Å²) < 4.78 is 10.7. The number of aliphatic carboxylic acids is 1. The number of nitrogens with one attached hydrogen (secondary N) is 1. The minimum absolute atomic E-state index is 0.185. The highest BCUT2D eigenvalue weighted by atomic mass is 16.5. The predicted molar refractivity (Wildman–Crippen MR) is 84.7 cm³/mol. The van der Waals surface area contributed by atoms with Gasteiger partial charge in [0, 0.05) is 18.7 Å². The number of hydrogen-bond donors (Lipinski definition) is 2. The van der Waals surface area contributed by atoms with Crippen LogP contribution in [0.25, 0.3) is 0 Å². The van der Waals surface area contributed by atoms with Gasteiger partial charge in [0.05, 0.1) is 6.10 Å². The van der Waals surface area contributed by atoms with Crippen LogP contribution in [0.1, 0.15) is 42.5 Å². The van der Waals surface area contributed by atoms with Crippen LogP contribution >= 0.6 is 0 Å². The number of carboxylic acid groups (broad SMARTS) is 1. The number of carbonyl (C=O) groups is 2. The molecule has 6 nitrogen and oxygen atoms in total. The van der Waals surface area contributed by atoms with Crippen molar-refractivity contribution in [2.75, 3.05) is 19.8 Å². The van der Waals surface area contributed by atoms with Gasteiger partial charge >= 0.3 is 5.97 Å². The average Bonchev–Trinajstić information content (AvgIpc) is 2.58. The molecule has 0 aliphatic carbocycles. The van der Waals surface area contributed by atoms with Crippen LogP contribution in [0, 0.1) is 0 Å². The molecule has 1 aromatic carbocycles. The summed E-state index contributed by atoms with van der Waals surface area (Å²) in [7, 11) is 0. The van der Waals surface area contributed by atoms with Crippen LogP contribution in [0.4, 0.5) is 0 Å². The summed E-state index contributed by atoms with van der Waals surface area (Å²) in [5, 5.41) is 11.5. The maximum Gasteiger partial charge on any atom is 0.341 e. The third kappa shape index (κ3) is 6.28. The van der Waals surface area contributed by atoms with E-state index < -0.39 is 12.6 Å². The van der Waals surface area contributed by atoms with Crippen molar-refractivity contribution < 1.29 is 24.2 Å². The van der Waals surface area contributed by atoms with E-state index in [1.54, 1.807) is 24.3 Å². The van der Waals surface area contributed by atoms with E-state index in [1.165, 1.54) is 6.42 Å². The fraction of sp³-hybridized carbons (Fsp3) is 0.529. The van der Waals surface area contributed by atoms with Gasteiger partial charge in [-0.1, -0.05) is 6.07 Å². The summed E-state index contributed by atoms with van der Waals surface area (Å²) in [6, 6.07) is 6.51. The number of carboxylic acids is 1. The van der Waals surface area contributed by atoms with Gasteiger partial charge in [-0.15, -0.1) is 0 Å². The molecule has 1 aliphatic heterocycles. The van der Waals surface area contributed by atoms with E-state index >= 15 is 0 Å². The molecule has 0 aromatic heterocycles. The van der Waals surface area contributed by atoms with E-state index in [9.17, 15) is 9.59 Å². The fourth-order valence-corrected chi connectivity index (χ4v) is 2.54. The number of hydrogen-bond acceptors (Lipinski definition) is 4. The van der Waals surface area contributed by atoms with Gasteiger partial charge in [-0.25, -0.2) is 4.79 Å². The summed E-state index contributed by atoms with van der Waals surface area (Å²) in [5.41, 5.74) is 0.460. The molecule has 1 aromatic rings. The Kier molecular flexibility index (Phi) is 6.87. The quantitative estimate of drug-likeness (QED) is 0.717. The summed E-state index contributed by atoms with van der Waals surface area (Å²) in [6.07, 6.45) is 5.64. The lowest BCUT2D eigenvalue weighted by molar-refractivity contribution is -0.139. The molecule has 1 heterocycles. The maximum absolute atomic E-state index is 12.1. The van der Waals surface area contributed by atoms with Crippen molar-refractivity contribution in [1.82, 2.24) is 5.32 Å². The van der Waals surface area contributed by atoms with E-state index in [-0.39, 0.29) is 5.91 Å². The van der Waals surface area contributed by atoms with Gasteiger partial charge in [0.25, 0.3) is 5.91 Å². The van der Waals surface area contributed by atoms with Crippen LogP contribution in [0.3, 0.4) is 0 Å². The minimum atomic E-state index is -1.05. The van der Waals surface area contributed by atoms with E-state index in [4.69, 9.17) is 14.6 Å². The SMILES string of the molecule is O=C(O)COc1cccc(C(=O)NCCCC2CCCCO2)c1. The topological polar surface area (TPSA) is 84.9 Å². The molecular weight excluding hydrogens is 298 g/mol. The fourth-order valence-electron chi connectivity index (χ4n) is 2.54. The summed E-state index contributed by atoms with van der Waals surface area (Å²) >= 11 is 0. The van der Waals surface area contributed by atoms with Crippen LogP contribution in [0.2, 0.25) is 0 Å². The van der Waals surface area contributed by atoms with Gasteiger partial charge in [0.2, 0.25) is 0 Å². The molecule has 1 amide bonds. The van der Waals surface area contributed by atoms with Crippen molar-refractivity contribution in [2.24, 2.45) is 0 Å². The molecule has 6 heteroatoms. The molecule has 1 atom stereocenters. The first-order valence-electron chi connectivity index (χ1n) is 7.99. The maximum atomic E-state index is 12.1. The molecule has 23 heavy (non-hydrogen) atoms. The summed E-state index contributed by atoms with van der Waals surface area (Å²) in [5.74, 6) is -0.865. The second kappa shape index (κ2) is 9.15. The van der Waals surface area contributed by atoms with Crippen molar-refractivity contribution in [1.29, 1.82) is 0 Å². The Hall–Kier alpha value is -2.08. The number of benzene rings is 1. The summed E-state index contributed by atoms with van der Waals surface area (Å²) in [6.45, 7) is 1.02. The van der Waals surface area contributed by atoms with Gasteiger partial charge in [0.15, 0.2) is 6.61 Å². The van der Waals surface area contributed by atoms with Crippen LogP contribution in [0.15, 0.2) is 24.3 Å². The van der Waals surface area contributed by atoms with Gasteiger partial charge in [-0.05, 0) is 50.3 Å². The first kappa shape index (κ1) is 17.3. The number of carbonyl (C=O) groups excluding carboxylic acids is 1. The molecule has 1 fully saturated rings. The van der Waals surface area contributed by atoms with E-state index in [2.05, 4.69) is 5.32 Å². The van der Waals surface area contributed by atoms with Crippen LogP contribution in [-0.2, 0) is 9.53 Å². The first-order valence-corrected chi connectivity index (χ1v) is 7.99. The molecule has 1 unspecified atom stereocenters. The lowest BCUT2D eigenvalue weighted by atomic mass is 10.0. The molecule has 2 rings (SSSR count). The normalized spacial score (nSPS) is 17.5. The third-order valence-corrected chi connectivity index (χ3v) is 3.72. The Balaban J connectivity index is 1.72. The second-order valence-corrected chi connectivity index (χ2v) is 5.60. The Bertz CT molecular complexity index is 525. The van der Waals surface area contributed by atoms with E-state index in [0.717, 1.165) is 32.3 Å². The molecule has 126 valence electrons.